The highest BCUT2D eigenvalue weighted by Crippen LogP contribution is 2.06. The van der Waals surface area contributed by atoms with E-state index in [1.165, 1.54) is 0 Å². The Kier molecular flexibility index (Phi) is 2.62. The number of nitrogens with zero attached hydrogens (tertiary/aromatic N) is 4. The SMILES string of the molecule is Cc1cnc(OCc2nccn2C)cn1. The van der Waals surface area contributed by atoms with Crippen molar-refractivity contribution in [2.75, 3.05) is 0 Å². The molecule has 0 aliphatic carbocycles. The third-order valence-electron chi connectivity index (χ3n) is 2.03. The van der Waals surface area contributed by atoms with E-state index in [0.717, 1.165) is 11.5 Å². The molecule has 0 atom stereocenters. The van der Waals surface area contributed by atoms with Gasteiger partial charge in [-0.15, -0.1) is 0 Å². The molecule has 0 saturated carbocycles. The molecule has 0 saturated heterocycles. The zero-order valence-corrected chi connectivity index (χ0v) is 8.71. The Morgan fingerprint density at radius 3 is 2.73 bits per heavy atom. The zero-order valence-electron chi connectivity index (χ0n) is 8.71. The molecule has 0 aromatic carbocycles. The monoisotopic (exact) mass is 204 g/mol. The quantitative estimate of drug-likeness (QED) is 0.751. The van der Waals surface area contributed by atoms with Crippen molar-refractivity contribution < 1.29 is 4.74 Å². The molecule has 2 aromatic rings. The number of ether oxygens (including phenoxy) is 1. The van der Waals surface area contributed by atoms with Gasteiger partial charge in [-0.2, -0.15) is 0 Å². The topological polar surface area (TPSA) is 52.8 Å². The van der Waals surface area contributed by atoms with Crippen LogP contribution in [0.5, 0.6) is 5.88 Å². The van der Waals surface area contributed by atoms with Gasteiger partial charge in [0.2, 0.25) is 5.88 Å². The van der Waals surface area contributed by atoms with E-state index in [9.17, 15) is 0 Å². The van der Waals surface area contributed by atoms with E-state index in [1.54, 1.807) is 18.6 Å². The van der Waals surface area contributed by atoms with Gasteiger partial charge in [-0.1, -0.05) is 0 Å². The molecule has 0 radical (unpaired) electrons. The van der Waals surface area contributed by atoms with Gasteiger partial charge in [0.1, 0.15) is 12.4 Å². The van der Waals surface area contributed by atoms with Crippen LogP contribution in [-0.4, -0.2) is 19.5 Å². The van der Waals surface area contributed by atoms with Crippen molar-refractivity contribution in [2.45, 2.75) is 13.5 Å². The molecule has 0 aliphatic rings. The lowest BCUT2D eigenvalue weighted by atomic mass is 10.5. The molecule has 78 valence electrons. The summed E-state index contributed by atoms with van der Waals surface area (Å²) in [4.78, 5) is 12.3. The van der Waals surface area contributed by atoms with Crippen molar-refractivity contribution in [1.82, 2.24) is 19.5 Å². The fourth-order valence-electron chi connectivity index (χ4n) is 1.13. The molecule has 2 heterocycles. The van der Waals surface area contributed by atoms with Crippen LogP contribution < -0.4 is 4.74 Å². The van der Waals surface area contributed by atoms with Gasteiger partial charge in [-0.25, -0.2) is 9.97 Å². The molecule has 0 bridgehead atoms. The first-order chi connectivity index (χ1) is 7.25. The second-order valence-electron chi connectivity index (χ2n) is 3.24. The second-order valence-corrected chi connectivity index (χ2v) is 3.24. The molecule has 0 amide bonds. The van der Waals surface area contributed by atoms with Crippen LogP contribution in [0.2, 0.25) is 0 Å². The highest BCUT2D eigenvalue weighted by atomic mass is 16.5. The minimum absolute atomic E-state index is 0.404. The summed E-state index contributed by atoms with van der Waals surface area (Å²) in [5, 5.41) is 0. The lowest BCUT2D eigenvalue weighted by molar-refractivity contribution is 0.279. The summed E-state index contributed by atoms with van der Waals surface area (Å²) in [6.45, 7) is 2.29. The molecule has 0 fully saturated rings. The molecule has 15 heavy (non-hydrogen) atoms. The predicted octanol–water partition coefficient (Wildman–Crippen LogP) is 1.10. The molecule has 2 rings (SSSR count). The van der Waals surface area contributed by atoms with Gasteiger partial charge in [0.05, 0.1) is 18.1 Å². The molecule has 5 heteroatoms. The van der Waals surface area contributed by atoms with Crippen LogP contribution in [0.15, 0.2) is 24.8 Å². The van der Waals surface area contributed by atoms with Crippen molar-refractivity contribution in [1.29, 1.82) is 0 Å². The second kappa shape index (κ2) is 4.08. The van der Waals surface area contributed by atoms with Crippen LogP contribution in [0.25, 0.3) is 0 Å². The highest BCUT2D eigenvalue weighted by Gasteiger charge is 2.01. The van der Waals surface area contributed by atoms with E-state index < -0.39 is 0 Å². The van der Waals surface area contributed by atoms with Crippen LogP contribution in [0, 0.1) is 6.92 Å². The van der Waals surface area contributed by atoms with Gasteiger partial charge >= 0.3 is 0 Å². The van der Waals surface area contributed by atoms with E-state index in [1.807, 2.05) is 24.7 Å². The third-order valence-corrected chi connectivity index (χ3v) is 2.03. The Balaban J connectivity index is 1.99. The number of rotatable bonds is 3. The van der Waals surface area contributed by atoms with Crippen molar-refractivity contribution in [3.05, 3.63) is 36.3 Å². The molecule has 0 spiro atoms. The van der Waals surface area contributed by atoms with Gasteiger partial charge in [-0.3, -0.25) is 4.98 Å². The fraction of sp³-hybridized carbons (Fsp3) is 0.300. The van der Waals surface area contributed by atoms with Gasteiger partial charge in [0, 0.05) is 19.4 Å². The summed E-state index contributed by atoms with van der Waals surface area (Å²) in [6.07, 6.45) is 6.89. The maximum Gasteiger partial charge on any atom is 0.232 e. The normalized spacial score (nSPS) is 10.3. The Morgan fingerprint density at radius 1 is 1.27 bits per heavy atom. The van der Waals surface area contributed by atoms with E-state index >= 15 is 0 Å². The summed E-state index contributed by atoms with van der Waals surface area (Å²) in [7, 11) is 1.92. The van der Waals surface area contributed by atoms with E-state index in [4.69, 9.17) is 4.74 Å². The summed E-state index contributed by atoms with van der Waals surface area (Å²) >= 11 is 0. The third kappa shape index (κ3) is 2.31. The van der Waals surface area contributed by atoms with Gasteiger partial charge < -0.3 is 9.30 Å². The van der Waals surface area contributed by atoms with Crippen LogP contribution in [-0.2, 0) is 13.7 Å². The Morgan fingerprint density at radius 2 is 2.13 bits per heavy atom. The van der Waals surface area contributed by atoms with Crippen molar-refractivity contribution in [2.24, 2.45) is 7.05 Å². The van der Waals surface area contributed by atoms with Crippen molar-refractivity contribution >= 4 is 0 Å². The first kappa shape index (κ1) is 9.64. The molecule has 0 aliphatic heterocycles. The standard InChI is InChI=1S/C10H12N4O/c1-8-5-13-10(6-12-8)15-7-9-11-3-4-14(9)2/h3-6H,7H2,1-2H3. The lowest BCUT2D eigenvalue weighted by Gasteiger charge is -2.04. The molecule has 0 unspecified atom stereocenters. The van der Waals surface area contributed by atoms with Gasteiger partial charge in [0.25, 0.3) is 0 Å². The number of hydrogen-bond donors (Lipinski definition) is 0. The summed E-state index contributed by atoms with van der Waals surface area (Å²) < 4.78 is 7.33. The van der Waals surface area contributed by atoms with Gasteiger partial charge in [-0.05, 0) is 6.92 Å². The molecule has 2 aromatic heterocycles. The largest absolute Gasteiger partial charge is 0.468 e. The van der Waals surface area contributed by atoms with E-state index in [2.05, 4.69) is 15.0 Å². The number of hydrogen-bond acceptors (Lipinski definition) is 4. The van der Waals surface area contributed by atoms with Crippen LogP contribution in [0.4, 0.5) is 0 Å². The maximum absolute atomic E-state index is 5.43. The highest BCUT2D eigenvalue weighted by molar-refractivity contribution is 5.06. The Hall–Kier alpha value is -1.91. The zero-order chi connectivity index (χ0) is 10.7. The average Bonchev–Trinajstić information content (AvgIpc) is 2.63. The van der Waals surface area contributed by atoms with Crippen LogP contribution >= 0.6 is 0 Å². The molecule has 0 N–H and O–H groups in total. The molecular weight excluding hydrogens is 192 g/mol. The first-order valence-electron chi connectivity index (χ1n) is 4.63. The minimum atomic E-state index is 0.404. The fourth-order valence-corrected chi connectivity index (χ4v) is 1.13. The first-order valence-corrected chi connectivity index (χ1v) is 4.63. The van der Waals surface area contributed by atoms with Crippen LogP contribution in [0.1, 0.15) is 11.5 Å². The van der Waals surface area contributed by atoms with Crippen molar-refractivity contribution in [3.63, 3.8) is 0 Å². The number of aromatic nitrogens is 4. The minimum Gasteiger partial charge on any atom is -0.468 e. The van der Waals surface area contributed by atoms with Crippen LogP contribution in [0.3, 0.4) is 0 Å². The number of aryl methyl sites for hydroxylation is 2. The van der Waals surface area contributed by atoms with E-state index in [-0.39, 0.29) is 0 Å². The van der Waals surface area contributed by atoms with E-state index in [0.29, 0.717) is 12.5 Å². The summed E-state index contributed by atoms with van der Waals surface area (Å²) in [5.41, 5.74) is 0.874. The molecular formula is C10H12N4O. The van der Waals surface area contributed by atoms with Gasteiger partial charge in [0.15, 0.2) is 0 Å². The molecule has 5 nitrogen and oxygen atoms in total. The maximum atomic E-state index is 5.43. The predicted molar refractivity (Wildman–Crippen MR) is 54.3 cm³/mol. The lowest BCUT2D eigenvalue weighted by Crippen LogP contribution is -2.04. The van der Waals surface area contributed by atoms with Crippen molar-refractivity contribution in [3.8, 4) is 5.88 Å². The Bertz CT molecular complexity index is 435. The summed E-state index contributed by atoms with van der Waals surface area (Å²) in [6, 6.07) is 0. The summed E-state index contributed by atoms with van der Waals surface area (Å²) in [5.74, 6) is 1.38. The number of imidazole rings is 1. The average molecular weight is 204 g/mol. The Labute approximate surface area is 87.8 Å². The smallest absolute Gasteiger partial charge is 0.232 e.